The van der Waals surface area contributed by atoms with Crippen molar-refractivity contribution in [1.82, 2.24) is 14.9 Å². The van der Waals surface area contributed by atoms with Crippen molar-refractivity contribution in [1.29, 1.82) is 0 Å². The van der Waals surface area contributed by atoms with Gasteiger partial charge in [-0.25, -0.2) is 8.42 Å². The molecule has 3 heterocycles. The summed E-state index contributed by atoms with van der Waals surface area (Å²) in [5.74, 6) is -2.20. The molecular formula is C53H86BrN3O15S. The van der Waals surface area contributed by atoms with Crippen molar-refractivity contribution in [2.75, 3.05) is 40.9 Å². The Kier molecular flexibility index (Phi) is 21.2. The number of esters is 1. The molecule has 2 aromatic rings. The summed E-state index contributed by atoms with van der Waals surface area (Å²) in [7, 11) is 0.403. The van der Waals surface area contributed by atoms with Crippen LogP contribution in [0, 0.1) is 17.8 Å². The van der Waals surface area contributed by atoms with E-state index in [1.165, 1.54) is 37.5 Å². The molecule has 3 aliphatic rings. The molecule has 20 heteroatoms. The van der Waals surface area contributed by atoms with Crippen LogP contribution in [0.15, 0.2) is 57.9 Å². The highest BCUT2D eigenvalue weighted by Crippen LogP contribution is 2.44. The van der Waals surface area contributed by atoms with Crippen LogP contribution >= 0.6 is 15.9 Å². The lowest BCUT2D eigenvalue weighted by atomic mass is 9.75. The molecule has 0 radical (unpaired) electrons. The van der Waals surface area contributed by atoms with E-state index < -0.39 is 118 Å². The van der Waals surface area contributed by atoms with Crippen LogP contribution in [0.25, 0.3) is 0 Å². The van der Waals surface area contributed by atoms with Gasteiger partial charge in [0.1, 0.15) is 40.5 Å². The second-order valence-electron chi connectivity index (χ2n) is 21.5. The van der Waals surface area contributed by atoms with E-state index in [-0.39, 0.29) is 43.0 Å². The smallest absolute Gasteiger partial charge is 0.311 e. The number of benzene rings is 2. The van der Waals surface area contributed by atoms with Crippen molar-refractivity contribution < 1.29 is 71.5 Å². The molecular weight excluding hydrogens is 1030 g/mol. The number of aliphatic hydroxyl groups excluding tert-OH is 1. The lowest BCUT2D eigenvalue weighted by molar-refractivity contribution is -0.335. The largest absolute Gasteiger partial charge is 0.497 e. The molecule has 73 heavy (non-hydrogen) atoms. The van der Waals surface area contributed by atoms with Crippen molar-refractivity contribution in [3.63, 3.8) is 0 Å². The monoisotopic (exact) mass is 1120 g/mol. The van der Waals surface area contributed by atoms with Gasteiger partial charge in [0.05, 0.1) is 54.0 Å². The molecule has 0 aliphatic carbocycles. The van der Waals surface area contributed by atoms with Crippen molar-refractivity contribution in [2.45, 2.75) is 203 Å². The number of hydrogen-bond donors (Lipinski definition) is 6. The van der Waals surface area contributed by atoms with Gasteiger partial charge in [-0.15, -0.1) is 0 Å². The van der Waals surface area contributed by atoms with E-state index in [1.807, 2.05) is 20.8 Å². The molecule has 416 valence electrons. The molecule has 18 atom stereocenters. The number of halogens is 1. The number of hydrogen-bond acceptors (Lipinski definition) is 17. The van der Waals surface area contributed by atoms with Crippen LogP contribution in [0.2, 0.25) is 0 Å². The van der Waals surface area contributed by atoms with Gasteiger partial charge in [0.15, 0.2) is 18.7 Å². The Morgan fingerprint density at radius 1 is 0.890 bits per heavy atom. The van der Waals surface area contributed by atoms with Gasteiger partial charge in [0.25, 0.3) is 0 Å². The van der Waals surface area contributed by atoms with Crippen molar-refractivity contribution in [3.05, 3.63) is 53.0 Å². The number of cyclic esters (lactones) is 1. The third-order valence-electron chi connectivity index (χ3n) is 15.6. The number of aliphatic hydroxyl groups is 4. The molecule has 6 N–H and O–H groups in total. The third kappa shape index (κ3) is 14.0. The molecule has 0 spiro atoms. The molecule has 3 fully saturated rings. The normalized spacial score (nSPS) is 39.5. The van der Waals surface area contributed by atoms with E-state index in [0.29, 0.717) is 29.1 Å². The molecule has 5 rings (SSSR count). The van der Waals surface area contributed by atoms with Crippen LogP contribution in [0.5, 0.6) is 11.5 Å². The second kappa shape index (κ2) is 25.3. The molecule has 0 bridgehead atoms. The number of likely N-dealkylation sites (N-methyl/N-ethyl adjacent to an activating group) is 1. The van der Waals surface area contributed by atoms with Gasteiger partial charge in [0.2, 0.25) is 10.0 Å². The van der Waals surface area contributed by atoms with Crippen molar-refractivity contribution in [3.8, 4) is 11.5 Å². The maximum Gasteiger partial charge on any atom is 0.311 e. The number of carbonyl (C=O) groups excluding carboxylic acids is 1. The predicted molar refractivity (Wildman–Crippen MR) is 278 cm³/mol. The summed E-state index contributed by atoms with van der Waals surface area (Å²) in [6.07, 6.45) is -8.69. The summed E-state index contributed by atoms with van der Waals surface area (Å²) in [6.45, 7) is 20.4. The minimum Gasteiger partial charge on any atom is -0.497 e. The fraction of sp³-hybridized carbons (Fsp3) is 0.755. The Balaban J connectivity index is 1.67. The van der Waals surface area contributed by atoms with E-state index in [0.717, 1.165) is 6.42 Å². The lowest BCUT2D eigenvalue weighted by Gasteiger charge is -2.53. The molecule has 2 aromatic carbocycles. The molecule has 18 nitrogen and oxygen atoms in total. The standard InChI is InChI=1S/C53H86BrN3O15S/c1-15-25-55-30-53(62)36(8)68-43(28-51(53,10)66-14)71-44-33(5)47(50(9,60)27-31(3)29-56-35(7)46(58)52(11,61)42(16-2)70-48(59)34(44)6)72-49-45(69-39-21-19-38(65-13)20-22-39)41(26-32(4)67-49)57(12)73(63,64)40-23-17-37(54)18-24-40/h17-24,31-36,41-47,49,55-56,58,60-62H,15-16,25-30H2,1-14H3/t31-,32-,33+,34-,35-,36+,41+,42-,43?,44+,45-,46-,47-,49+,50-,51-,52-,53+/m1/s1. The Bertz CT molecular complexity index is 2170. The van der Waals surface area contributed by atoms with Crippen LogP contribution in [-0.4, -0.2) is 170 Å². The van der Waals surface area contributed by atoms with Crippen molar-refractivity contribution >= 4 is 31.9 Å². The number of nitrogens with zero attached hydrogens (tertiary/aromatic N) is 1. The summed E-state index contributed by atoms with van der Waals surface area (Å²) in [4.78, 5) is 14.8. The summed E-state index contributed by atoms with van der Waals surface area (Å²) in [6, 6.07) is 11.6. The minimum absolute atomic E-state index is 0.0199. The van der Waals surface area contributed by atoms with Gasteiger partial charge >= 0.3 is 5.97 Å². The highest BCUT2D eigenvalue weighted by molar-refractivity contribution is 9.10. The van der Waals surface area contributed by atoms with Crippen molar-refractivity contribution in [2.24, 2.45) is 17.8 Å². The van der Waals surface area contributed by atoms with Gasteiger partial charge < -0.3 is 69.0 Å². The third-order valence-corrected chi connectivity index (χ3v) is 18.0. The molecule has 0 aromatic heterocycles. The number of sulfonamides is 1. The first kappa shape index (κ1) is 61.3. The average molecular weight is 1120 g/mol. The highest BCUT2D eigenvalue weighted by Gasteiger charge is 2.59. The van der Waals surface area contributed by atoms with Gasteiger partial charge in [-0.05, 0) is 142 Å². The number of rotatable bonds is 16. The van der Waals surface area contributed by atoms with E-state index in [1.54, 1.807) is 92.0 Å². The van der Waals surface area contributed by atoms with Crippen LogP contribution in [0.3, 0.4) is 0 Å². The molecule has 1 unspecified atom stereocenters. The van der Waals surface area contributed by atoms with Gasteiger partial charge in [-0.3, -0.25) is 4.79 Å². The number of methoxy groups -OCH3 is 2. The maximum atomic E-state index is 14.7. The first-order valence-corrected chi connectivity index (χ1v) is 28.0. The highest BCUT2D eigenvalue weighted by atomic mass is 79.9. The molecule has 0 amide bonds. The Labute approximate surface area is 442 Å². The van der Waals surface area contributed by atoms with E-state index in [4.69, 9.17) is 37.9 Å². The summed E-state index contributed by atoms with van der Waals surface area (Å²) < 4.78 is 82.9. The Hall–Kier alpha value is -2.54. The quantitative estimate of drug-likeness (QED) is 0.0894. The van der Waals surface area contributed by atoms with E-state index >= 15 is 0 Å². The fourth-order valence-electron chi connectivity index (χ4n) is 10.9. The lowest BCUT2D eigenvalue weighted by Crippen LogP contribution is -2.70. The van der Waals surface area contributed by atoms with Crippen LogP contribution in [0.4, 0.5) is 0 Å². The average Bonchev–Trinajstić information content (AvgIpc) is 3.34. The topological polar surface area (TPSA) is 233 Å². The first-order valence-electron chi connectivity index (χ1n) is 25.8. The van der Waals surface area contributed by atoms with Crippen LogP contribution in [-0.2, 0) is 43.2 Å². The summed E-state index contributed by atoms with van der Waals surface area (Å²) in [5, 5.41) is 55.5. The number of nitrogens with one attached hydrogen (secondary N) is 2. The van der Waals surface area contributed by atoms with Gasteiger partial charge in [-0.1, -0.05) is 43.6 Å². The van der Waals surface area contributed by atoms with E-state index in [2.05, 4.69) is 26.6 Å². The predicted octanol–water partition coefficient (Wildman–Crippen LogP) is 5.55. The van der Waals surface area contributed by atoms with Gasteiger partial charge in [-0.2, -0.15) is 4.31 Å². The molecule has 3 aliphatic heterocycles. The van der Waals surface area contributed by atoms with Gasteiger partial charge in [0, 0.05) is 43.6 Å². The van der Waals surface area contributed by atoms with E-state index in [9.17, 15) is 33.6 Å². The first-order chi connectivity index (χ1) is 34.1. The zero-order chi connectivity index (χ0) is 54.4. The number of ether oxygens (including phenoxy) is 8. The fourth-order valence-corrected chi connectivity index (χ4v) is 12.6. The minimum atomic E-state index is -4.15. The van der Waals surface area contributed by atoms with Crippen LogP contribution < -0.4 is 20.1 Å². The molecule has 0 saturated carbocycles. The molecule has 3 saturated heterocycles. The number of carbonyl (C=O) groups is 1. The SMILES string of the molecule is CCCNC[C@]1(O)[C@H](C)OC(O[C@H]2[C@H](C)[C@@H](O[C@@H]3O[C@H](C)C[C@H](N(C)S(=O)(=O)c4ccc(Br)cc4)[C@H]3Oc3ccc(OC)cc3)[C@](C)(O)C[C@@H](C)CN[C@H](C)[C@@H](O)[C@](C)(O)[C@@H](CC)OC(=O)[C@@H]2C)C[C@@]1(C)OC. The summed E-state index contributed by atoms with van der Waals surface area (Å²) >= 11 is 3.41. The Morgan fingerprint density at radius 3 is 2.11 bits per heavy atom. The summed E-state index contributed by atoms with van der Waals surface area (Å²) in [5.41, 5.74) is -6.37. The van der Waals surface area contributed by atoms with Crippen LogP contribution in [0.1, 0.15) is 108 Å². The zero-order valence-corrected chi connectivity index (χ0v) is 47.8. The maximum absolute atomic E-state index is 14.7. The Morgan fingerprint density at radius 2 is 1.52 bits per heavy atom. The zero-order valence-electron chi connectivity index (χ0n) is 45.4. The second-order valence-corrected chi connectivity index (χ2v) is 24.4.